The van der Waals surface area contributed by atoms with Crippen molar-refractivity contribution < 1.29 is 8.42 Å². The third-order valence-corrected chi connectivity index (χ3v) is 7.48. The number of aryl methyl sites for hydroxylation is 1. The largest absolute Gasteiger partial charge is 0.398 e. The Morgan fingerprint density at radius 1 is 0.897 bits per heavy atom. The van der Waals surface area contributed by atoms with Crippen LogP contribution in [0.4, 0.5) is 5.69 Å². The van der Waals surface area contributed by atoms with E-state index >= 15 is 0 Å². The minimum absolute atomic E-state index is 0.247. The Hall–Kier alpha value is -2.83. The van der Waals surface area contributed by atoms with Crippen LogP contribution < -0.4 is 5.73 Å². The number of anilines is 1. The van der Waals surface area contributed by atoms with E-state index in [0.29, 0.717) is 16.7 Å². The second-order valence-corrected chi connectivity index (χ2v) is 9.86. The van der Waals surface area contributed by atoms with Crippen molar-refractivity contribution in [3.05, 3.63) is 82.8 Å². The van der Waals surface area contributed by atoms with E-state index in [4.69, 9.17) is 5.73 Å². The maximum Gasteiger partial charge on any atom is 0.268 e. The normalized spacial score (nSPS) is 12.2. The fraction of sp³-hybridized carbons (Fsp3) is 0.0435. The molecule has 0 saturated carbocycles. The van der Waals surface area contributed by atoms with Crippen molar-refractivity contribution in [2.75, 3.05) is 5.73 Å². The van der Waals surface area contributed by atoms with Crippen LogP contribution in [0.1, 0.15) is 5.56 Å². The molecule has 0 bridgehead atoms. The van der Waals surface area contributed by atoms with Crippen molar-refractivity contribution >= 4 is 64.2 Å². The SMILES string of the molecule is Cc1ccc(S(=O)(=O)n2c3ccc(Br)cc3c3c(N)cc4ccccc4c32)cc1. The van der Waals surface area contributed by atoms with Gasteiger partial charge in [-0.25, -0.2) is 12.4 Å². The van der Waals surface area contributed by atoms with Crippen molar-refractivity contribution in [2.24, 2.45) is 0 Å². The Balaban J connectivity index is 2.05. The monoisotopic (exact) mass is 464 g/mol. The van der Waals surface area contributed by atoms with Crippen LogP contribution in [0, 0.1) is 6.92 Å². The molecule has 144 valence electrons. The van der Waals surface area contributed by atoms with Crippen molar-refractivity contribution in [3.8, 4) is 0 Å². The molecule has 0 aliphatic heterocycles. The van der Waals surface area contributed by atoms with E-state index in [1.54, 1.807) is 12.1 Å². The molecule has 2 N–H and O–H groups in total. The van der Waals surface area contributed by atoms with Gasteiger partial charge in [-0.05, 0) is 48.7 Å². The van der Waals surface area contributed by atoms with Crippen LogP contribution in [-0.4, -0.2) is 12.4 Å². The lowest BCUT2D eigenvalue weighted by molar-refractivity contribution is 0.590. The van der Waals surface area contributed by atoms with Crippen LogP contribution in [-0.2, 0) is 10.0 Å². The summed E-state index contributed by atoms with van der Waals surface area (Å²) in [4.78, 5) is 0.247. The van der Waals surface area contributed by atoms with Crippen LogP contribution in [0.5, 0.6) is 0 Å². The molecule has 0 unspecified atom stereocenters. The summed E-state index contributed by atoms with van der Waals surface area (Å²) in [6.07, 6.45) is 0. The van der Waals surface area contributed by atoms with Gasteiger partial charge >= 0.3 is 0 Å². The van der Waals surface area contributed by atoms with Gasteiger partial charge in [0.1, 0.15) is 0 Å². The van der Waals surface area contributed by atoms with Gasteiger partial charge < -0.3 is 5.73 Å². The van der Waals surface area contributed by atoms with Crippen LogP contribution in [0.2, 0.25) is 0 Å². The fourth-order valence-corrected chi connectivity index (χ4v) is 5.82. The number of rotatable bonds is 2. The van der Waals surface area contributed by atoms with E-state index in [-0.39, 0.29) is 4.90 Å². The minimum Gasteiger partial charge on any atom is -0.398 e. The van der Waals surface area contributed by atoms with E-state index in [1.165, 1.54) is 3.97 Å². The smallest absolute Gasteiger partial charge is 0.268 e. The zero-order valence-electron chi connectivity index (χ0n) is 15.6. The molecule has 4 nitrogen and oxygen atoms in total. The highest BCUT2D eigenvalue weighted by molar-refractivity contribution is 9.10. The van der Waals surface area contributed by atoms with Crippen LogP contribution >= 0.6 is 15.9 Å². The first-order chi connectivity index (χ1) is 13.9. The van der Waals surface area contributed by atoms with Crippen LogP contribution in [0.15, 0.2) is 82.2 Å². The second kappa shape index (κ2) is 6.34. The third-order valence-electron chi connectivity index (χ3n) is 5.26. The van der Waals surface area contributed by atoms with Gasteiger partial charge in [0.15, 0.2) is 0 Å². The van der Waals surface area contributed by atoms with Crippen molar-refractivity contribution in [3.63, 3.8) is 0 Å². The second-order valence-electron chi connectivity index (χ2n) is 7.15. The van der Waals surface area contributed by atoms with Gasteiger partial charge in [0.2, 0.25) is 0 Å². The van der Waals surface area contributed by atoms with E-state index in [1.807, 2.05) is 67.6 Å². The summed E-state index contributed by atoms with van der Waals surface area (Å²) in [6, 6.07) is 22.1. The topological polar surface area (TPSA) is 65.1 Å². The molecule has 0 amide bonds. The highest BCUT2D eigenvalue weighted by atomic mass is 79.9. The van der Waals surface area contributed by atoms with Gasteiger partial charge in [0.05, 0.1) is 15.9 Å². The van der Waals surface area contributed by atoms with Crippen LogP contribution in [0.3, 0.4) is 0 Å². The number of halogens is 1. The standard InChI is InChI=1S/C23H17BrN2O2S/c1-14-6-9-17(10-7-14)29(27,28)26-21-11-8-16(24)13-19(21)22-20(25)12-15-4-2-3-5-18(15)23(22)26/h2-13H,25H2,1H3. The lowest BCUT2D eigenvalue weighted by Crippen LogP contribution is -2.13. The van der Waals surface area contributed by atoms with Gasteiger partial charge in [-0.3, -0.25) is 0 Å². The first-order valence-corrected chi connectivity index (χ1v) is 11.3. The molecule has 0 saturated heterocycles. The molecule has 0 fully saturated rings. The maximum atomic E-state index is 13.8. The molecule has 0 atom stereocenters. The summed E-state index contributed by atoms with van der Waals surface area (Å²) in [6.45, 7) is 1.93. The van der Waals surface area contributed by atoms with E-state index in [9.17, 15) is 8.42 Å². The molecular weight excluding hydrogens is 448 g/mol. The zero-order chi connectivity index (χ0) is 20.3. The Morgan fingerprint density at radius 2 is 1.62 bits per heavy atom. The molecule has 0 aliphatic rings. The Kier molecular flexibility index (Phi) is 3.98. The molecule has 6 heteroatoms. The summed E-state index contributed by atoms with van der Waals surface area (Å²) in [5.41, 5.74) is 9.20. The average molecular weight is 465 g/mol. The number of nitrogens with zero attached hydrogens (tertiary/aromatic N) is 1. The van der Waals surface area contributed by atoms with Gasteiger partial charge in [-0.15, -0.1) is 0 Å². The van der Waals surface area contributed by atoms with E-state index in [2.05, 4.69) is 15.9 Å². The highest BCUT2D eigenvalue weighted by Crippen LogP contribution is 2.41. The van der Waals surface area contributed by atoms with Crippen molar-refractivity contribution in [1.82, 2.24) is 3.97 Å². The van der Waals surface area contributed by atoms with Gasteiger partial charge in [-0.1, -0.05) is 57.9 Å². The zero-order valence-corrected chi connectivity index (χ0v) is 18.0. The molecule has 0 spiro atoms. The summed E-state index contributed by atoms with van der Waals surface area (Å²) in [5, 5.41) is 3.29. The molecule has 1 heterocycles. The lowest BCUT2D eigenvalue weighted by Gasteiger charge is -2.12. The van der Waals surface area contributed by atoms with Gasteiger partial charge in [0.25, 0.3) is 10.0 Å². The number of benzene rings is 4. The Bertz CT molecular complexity index is 1540. The predicted molar refractivity (Wildman–Crippen MR) is 123 cm³/mol. The summed E-state index contributed by atoms with van der Waals surface area (Å²) in [7, 11) is -3.84. The molecule has 5 aromatic rings. The molecule has 4 aromatic carbocycles. The van der Waals surface area contributed by atoms with E-state index < -0.39 is 10.0 Å². The van der Waals surface area contributed by atoms with Gasteiger partial charge in [0, 0.05) is 26.3 Å². The average Bonchev–Trinajstić information content (AvgIpc) is 3.04. The van der Waals surface area contributed by atoms with Crippen LogP contribution in [0.25, 0.3) is 32.6 Å². The predicted octanol–water partition coefficient (Wildman–Crippen LogP) is 5.84. The summed E-state index contributed by atoms with van der Waals surface area (Å²) >= 11 is 3.51. The molecule has 0 radical (unpaired) electrons. The number of nitrogen functional groups attached to an aromatic ring is 1. The molecule has 5 rings (SSSR count). The maximum absolute atomic E-state index is 13.8. The van der Waals surface area contributed by atoms with Crippen molar-refractivity contribution in [1.29, 1.82) is 0 Å². The molecule has 1 aromatic heterocycles. The van der Waals surface area contributed by atoms with Crippen molar-refractivity contribution in [2.45, 2.75) is 11.8 Å². The minimum atomic E-state index is -3.84. The highest BCUT2D eigenvalue weighted by Gasteiger charge is 2.25. The summed E-state index contributed by atoms with van der Waals surface area (Å²) in [5.74, 6) is 0. The van der Waals surface area contributed by atoms with E-state index in [0.717, 1.165) is 31.6 Å². The number of nitrogens with two attached hydrogens (primary N) is 1. The Morgan fingerprint density at radius 3 is 2.38 bits per heavy atom. The first-order valence-electron chi connectivity index (χ1n) is 9.11. The number of aromatic nitrogens is 1. The fourth-order valence-electron chi connectivity index (χ4n) is 3.91. The number of fused-ring (bicyclic) bond motifs is 5. The third kappa shape index (κ3) is 2.67. The van der Waals surface area contributed by atoms with Gasteiger partial charge in [-0.2, -0.15) is 0 Å². The number of hydrogen-bond acceptors (Lipinski definition) is 3. The quantitative estimate of drug-likeness (QED) is 0.333. The Labute approximate surface area is 176 Å². The molecule has 0 aliphatic carbocycles. The molecular formula is C23H17BrN2O2S. The summed E-state index contributed by atoms with van der Waals surface area (Å²) < 4.78 is 29.9. The first kappa shape index (κ1) is 18.2. The molecule has 29 heavy (non-hydrogen) atoms. The number of hydrogen-bond donors (Lipinski definition) is 1. The lowest BCUT2D eigenvalue weighted by atomic mass is 10.0.